The predicted octanol–water partition coefficient (Wildman–Crippen LogP) is 2.65. The van der Waals surface area contributed by atoms with Crippen LogP contribution in [0, 0.1) is 0 Å². The van der Waals surface area contributed by atoms with Crippen molar-refractivity contribution < 1.29 is 17.9 Å². The van der Waals surface area contributed by atoms with Crippen LogP contribution in [0.1, 0.15) is 13.8 Å². The van der Waals surface area contributed by atoms with E-state index in [0.717, 1.165) is 19.6 Å². The fourth-order valence-corrected chi connectivity index (χ4v) is 1.78. The second kappa shape index (κ2) is 8.47. The summed E-state index contributed by atoms with van der Waals surface area (Å²) in [5.41, 5.74) is 6.26. The van der Waals surface area contributed by atoms with E-state index in [2.05, 4.69) is 33.8 Å². The molecule has 0 atom stereocenters. The van der Waals surface area contributed by atoms with Gasteiger partial charge in [-0.25, -0.2) is 0 Å². The molecule has 1 aromatic carbocycles. The molecule has 0 unspecified atom stereocenters. The molecule has 8 heteroatoms. The Kier molecular flexibility index (Phi) is 6.97. The summed E-state index contributed by atoms with van der Waals surface area (Å²) in [6.07, 6.45) is -4.69. The minimum atomic E-state index is -4.69. The van der Waals surface area contributed by atoms with E-state index in [4.69, 9.17) is 5.73 Å². The van der Waals surface area contributed by atoms with Crippen molar-refractivity contribution in [3.05, 3.63) is 24.3 Å². The van der Waals surface area contributed by atoms with Gasteiger partial charge in [0.2, 0.25) is 0 Å². The molecular weight excluding hydrogens is 297 g/mol. The van der Waals surface area contributed by atoms with E-state index in [1.807, 2.05) is 0 Å². The molecule has 1 rings (SSSR count). The number of hydrogen-bond donors (Lipinski definition) is 2. The van der Waals surface area contributed by atoms with Crippen LogP contribution in [0.25, 0.3) is 0 Å². The number of ether oxygens (including phenoxy) is 1. The van der Waals surface area contributed by atoms with Gasteiger partial charge in [-0.1, -0.05) is 13.8 Å². The average molecular weight is 318 g/mol. The van der Waals surface area contributed by atoms with E-state index in [1.54, 1.807) is 0 Å². The molecule has 0 aliphatic carbocycles. The van der Waals surface area contributed by atoms with Gasteiger partial charge in [-0.3, -0.25) is 4.99 Å². The Morgan fingerprint density at radius 2 is 1.82 bits per heavy atom. The van der Waals surface area contributed by atoms with E-state index in [0.29, 0.717) is 12.2 Å². The van der Waals surface area contributed by atoms with Gasteiger partial charge in [0.05, 0.1) is 6.54 Å². The van der Waals surface area contributed by atoms with Crippen molar-refractivity contribution in [3.8, 4) is 5.75 Å². The third kappa shape index (κ3) is 7.16. The monoisotopic (exact) mass is 318 g/mol. The lowest BCUT2D eigenvalue weighted by Crippen LogP contribution is -2.28. The normalized spacial score (nSPS) is 12.5. The molecule has 3 N–H and O–H groups in total. The van der Waals surface area contributed by atoms with Gasteiger partial charge < -0.3 is 20.7 Å². The SMILES string of the molecule is CCN(CC)CCN=C(N)Nc1ccc(OC(F)(F)F)cc1. The molecule has 0 spiro atoms. The second-order valence-electron chi connectivity index (χ2n) is 4.49. The molecule has 0 heterocycles. The third-order valence-electron chi connectivity index (χ3n) is 2.95. The van der Waals surface area contributed by atoms with Crippen LogP contribution < -0.4 is 15.8 Å². The van der Waals surface area contributed by atoms with Gasteiger partial charge in [-0.15, -0.1) is 13.2 Å². The van der Waals surface area contributed by atoms with Crippen molar-refractivity contribution in [2.75, 3.05) is 31.5 Å². The summed E-state index contributed by atoms with van der Waals surface area (Å²) in [6, 6.07) is 5.29. The number of nitrogens with one attached hydrogen (secondary N) is 1. The number of aliphatic imine (C=N–C) groups is 1. The number of rotatable bonds is 7. The van der Waals surface area contributed by atoms with E-state index >= 15 is 0 Å². The molecule has 0 radical (unpaired) electrons. The third-order valence-corrected chi connectivity index (χ3v) is 2.95. The summed E-state index contributed by atoms with van der Waals surface area (Å²) < 4.78 is 39.9. The lowest BCUT2D eigenvalue weighted by atomic mass is 10.3. The van der Waals surface area contributed by atoms with Gasteiger partial charge in [0, 0.05) is 12.2 Å². The van der Waals surface area contributed by atoms with Crippen molar-refractivity contribution >= 4 is 11.6 Å². The van der Waals surface area contributed by atoms with Gasteiger partial charge in [-0.2, -0.15) is 0 Å². The highest BCUT2D eigenvalue weighted by molar-refractivity contribution is 5.92. The van der Waals surface area contributed by atoms with E-state index in [1.165, 1.54) is 24.3 Å². The van der Waals surface area contributed by atoms with Crippen LogP contribution in [0.15, 0.2) is 29.3 Å². The largest absolute Gasteiger partial charge is 0.573 e. The molecule has 22 heavy (non-hydrogen) atoms. The first kappa shape index (κ1) is 18.1. The summed E-state index contributed by atoms with van der Waals surface area (Å²) in [5.74, 6) is -0.0632. The molecule has 0 aromatic heterocycles. The van der Waals surface area contributed by atoms with E-state index in [-0.39, 0.29) is 11.7 Å². The van der Waals surface area contributed by atoms with E-state index < -0.39 is 6.36 Å². The maximum Gasteiger partial charge on any atom is 0.573 e. The van der Waals surface area contributed by atoms with Gasteiger partial charge in [0.1, 0.15) is 5.75 Å². The van der Waals surface area contributed by atoms with Crippen molar-refractivity contribution in [3.63, 3.8) is 0 Å². The Morgan fingerprint density at radius 3 is 2.32 bits per heavy atom. The Bertz CT molecular complexity index is 470. The summed E-state index contributed by atoms with van der Waals surface area (Å²) in [6.45, 7) is 7.38. The zero-order chi connectivity index (χ0) is 16.6. The Morgan fingerprint density at radius 1 is 1.23 bits per heavy atom. The maximum atomic E-state index is 12.0. The minimum absolute atomic E-state index is 0.219. The van der Waals surface area contributed by atoms with Crippen molar-refractivity contribution in [2.45, 2.75) is 20.2 Å². The molecule has 0 amide bonds. The van der Waals surface area contributed by atoms with Crippen LogP contribution in [0.3, 0.4) is 0 Å². The van der Waals surface area contributed by atoms with Crippen LogP contribution in [-0.2, 0) is 0 Å². The molecule has 0 aliphatic rings. The first-order valence-electron chi connectivity index (χ1n) is 6.99. The van der Waals surface area contributed by atoms with Crippen LogP contribution in [-0.4, -0.2) is 43.4 Å². The smallest absolute Gasteiger partial charge is 0.406 e. The Hall–Kier alpha value is -1.96. The minimum Gasteiger partial charge on any atom is -0.406 e. The fourth-order valence-electron chi connectivity index (χ4n) is 1.78. The van der Waals surface area contributed by atoms with Crippen LogP contribution in [0.2, 0.25) is 0 Å². The number of likely N-dealkylation sites (N-methyl/N-ethyl adjacent to an activating group) is 1. The number of nitrogens with zero attached hydrogens (tertiary/aromatic N) is 2. The Balaban J connectivity index is 2.49. The zero-order valence-corrected chi connectivity index (χ0v) is 12.7. The topological polar surface area (TPSA) is 62.9 Å². The van der Waals surface area contributed by atoms with Crippen molar-refractivity contribution in [1.82, 2.24) is 4.90 Å². The number of guanidine groups is 1. The highest BCUT2D eigenvalue weighted by atomic mass is 19.4. The van der Waals surface area contributed by atoms with E-state index in [9.17, 15) is 13.2 Å². The molecule has 5 nitrogen and oxygen atoms in total. The molecule has 0 aliphatic heterocycles. The van der Waals surface area contributed by atoms with Crippen LogP contribution in [0.4, 0.5) is 18.9 Å². The summed E-state index contributed by atoms with van der Waals surface area (Å²) in [5, 5.41) is 2.81. The number of halogens is 3. The highest BCUT2D eigenvalue weighted by Crippen LogP contribution is 2.23. The molecule has 0 saturated carbocycles. The van der Waals surface area contributed by atoms with Gasteiger partial charge in [0.15, 0.2) is 5.96 Å². The standard InChI is InChI=1S/C14H21F3N4O/c1-3-21(4-2)10-9-19-13(18)20-11-5-7-12(8-6-11)22-14(15,16)17/h5-8H,3-4,9-10H2,1-2H3,(H3,18,19,20). The maximum absolute atomic E-state index is 12.0. The highest BCUT2D eigenvalue weighted by Gasteiger charge is 2.30. The summed E-state index contributed by atoms with van der Waals surface area (Å²) in [4.78, 5) is 6.38. The number of nitrogens with two attached hydrogens (primary N) is 1. The first-order chi connectivity index (χ1) is 10.3. The number of alkyl halides is 3. The van der Waals surface area contributed by atoms with Gasteiger partial charge in [0.25, 0.3) is 0 Å². The fraction of sp³-hybridized carbons (Fsp3) is 0.500. The number of benzene rings is 1. The van der Waals surface area contributed by atoms with Crippen molar-refractivity contribution in [2.24, 2.45) is 10.7 Å². The quantitative estimate of drug-likeness (QED) is 0.599. The summed E-state index contributed by atoms with van der Waals surface area (Å²) >= 11 is 0. The number of anilines is 1. The zero-order valence-electron chi connectivity index (χ0n) is 12.7. The first-order valence-corrected chi connectivity index (χ1v) is 6.99. The number of hydrogen-bond acceptors (Lipinski definition) is 3. The molecule has 0 fully saturated rings. The molecule has 1 aromatic rings. The lowest BCUT2D eigenvalue weighted by molar-refractivity contribution is -0.274. The lowest BCUT2D eigenvalue weighted by Gasteiger charge is -2.16. The molecule has 0 saturated heterocycles. The van der Waals surface area contributed by atoms with Gasteiger partial charge in [-0.05, 0) is 37.4 Å². The van der Waals surface area contributed by atoms with Crippen LogP contribution in [0.5, 0.6) is 5.75 Å². The van der Waals surface area contributed by atoms with Crippen molar-refractivity contribution in [1.29, 1.82) is 0 Å². The van der Waals surface area contributed by atoms with Crippen LogP contribution >= 0.6 is 0 Å². The second-order valence-corrected chi connectivity index (χ2v) is 4.49. The molecule has 0 bridgehead atoms. The average Bonchev–Trinajstić information content (AvgIpc) is 2.44. The Labute approximate surface area is 128 Å². The summed E-state index contributed by atoms with van der Waals surface area (Å²) in [7, 11) is 0. The molecular formula is C14H21F3N4O. The molecule has 124 valence electrons. The van der Waals surface area contributed by atoms with Gasteiger partial charge >= 0.3 is 6.36 Å². The predicted molar refractivity (Wildman–Crippen MR) is 81.0 cm³/mol.